The fourth-order valence-electron chi connectivity index (χ4n) is 2.71. The van der Waals surface area contributed by atoms with Gasteiger partial charge in [0.1, 0.15) is 0 Å². The van der Waals surface area contributed by atoms with Crippen molar-refractivity contribution in [2.24, 2.45) is 0 Å². The molecule has 1 N–H and O–H groups in total. The minimum atomic E-state index is 0.0408. The summed E-state index contributed by atoms with van der Waals surface area (Å²) in [5.74, 6) is 1.56. The Labute approximate surface area is 156 Å². The average Bonchev–Trinajstić information content (AvgIpc) is 2.66. The molecule has 0 heterocycles. The van der Waals surface area contributed by atoms with E-state index in [2.05, 4.69) is 12.2 Å². The van der Waals surface area contributed by atoms with Gasteiger partial charge in [-0.3, -0.25) is 4.79 Å². The monoisotopic (exact) mass is 355 g/mol. The molecule has 0 saturated heterocycles. The van der Waals surface area contributed by atoms with Crippen LogP contribution in [0.2, 0.25) is 0 Å². The lowest BCUT2D eigenvalue weighted by Gasteiger charge is -2.12. The second kappa shape index (κ2) is 11.2. The van der Waals surface area contributed by atoms with E-state index in [9.17, 15) is 4.79 Å². The van der Waals surface area contributed by atoms with Crippen molar-refractivity contribution in [3.05, 3.63) is 59.7 Å². The van der Waals surface area contributed by atoms with Gasteiger partial charge in [0.2, 0.25) is 5.91 Å². The van der Waals surface area contributed by atoms with E-state index in [1.807, 2.05) is 48.5 Å². The first-order chi connectivity index (χ1) is 12.7. The number of carbonyl (C=O) groups excluding carboxylic acids is 1. The van der Waals surface area contributed by atoms with Crippen LogP contribution in [0.15, 0.2) is 48.5 Å². The van der Waals surface area contributed by atoms with Gasteiger partial charge in [-0.15, -0.1) is 0 Å². The predicted molar refractivity (Wildman–Crippen MR) is 105 cm³/mol. The Kier molecular flexibility index (Phi) is 8.53. The minimum absolute atomic E-state index is 0.0408. The largest absolute Gasteiger partial charge is 0.493 e. The number of hydrogen-bond acceptors (Lipinski definition) is 3. The van der Waals surface area contributed by atoms with E-state index >= 15 is 0 Å². The number of rotatable bonds is 11. The normalized spacial score (nSPS) is 10.4. The first-order valence-electron chi connectivity index (χ1n) is 9.33. The van der Waals surface area contributed by atoms with Crippen LogP contribution in [-0.2, 0) is 17.6 Å². The highest BCUT2D eigenvalue weighted by Gasteiger charge is 2.07. The second-order valence-electron chi connectivity index (χ2n) is 6.30. The molecule has 0 saturated carbocycles. The summed E-state index contributed by atoms with van der Waals surface area (Å²) in [6.07, 6.45) is 4.56. The zero-order valence-corrected chi connectivity index (χ0v) is 15.8. The van der Waals surface area contributed by atoms with Crippen LogP contribution in [0.4, 0.5) is 0 Å². The lowest BCUT2D eigenvalue weighted by Crippen LogP contribution is -2.27. The highest BCUT2D eigenvalue weighted by Crippen LogP contribution is 2.28. The maximum atomic E-state index is 12.0. The Balaban J connectivity index is 1.79. The molecule has 2 rings (SSSR count). The first-order valence-corrected chi connectivity index (χ1v) is 9.33. The van der Waals surface area contributed by atoms with Gasteiger partial charge in [-0.1, -0.05) is 56.2 Å². The number of unbranched alkanes of at least 4 members (excludes halogenated alkanes) is 2. The predicted octanol–water partition coefficient (Wildman–Crippen LogP) is 4.17. The van der Waals surface area contributed by atoms with Crippen LogP contribution in [0, 0.1) is 0 Å². The molecule has 0 unspecified atom stereocenters. The van der Waals surface area contributed by atoms with Crippen molar-refractivity contribution in [2.45, 2.75) is 39.0 Å². The molecular formula is C22H29NO3. The number of methoxy groups -OCH3 is 1. The molecular weight excluding hydrogens is 326 g/mol. The molecule has 1 amide bonds. The van der Waals surface area contributed by atoms with Crippen LogP contribution in [0.5, 0.6) is 11.5 Å². The van der Waals surface area contributed by atoms with E-state index in [0.29, 0.717) is 19.6 Å². The number of hydrogen-bond donors (Lipinski definition) is 1. The van der Waals surface area contributed by atoms with Crippen molar-refractivity contribution in [2.75, 3.05) is 20.3 Å². The third-order valence-corrected chi connectivity index (χ3v) is 4.18. The van der Waals surface area contributed by atoms with Gasteiger partial charge in [-0.05, 0) is 36.1 Å². The van der Waals surface area contributed by atoms with Crippen LogP contribution < -0.4 is 14.8 Å². The Bertz CT molecular complexity index is 670. The van der Waals surface area contributed by atoms with Gasteiger partial charge in [0.05, 0.1) is 20.1 Å². The lowest BCUT2D eigenvalue weighted by atomic mass is 10.1. The smallest absolute Gasteiger partial charge is 0.224 e. The molecule has 4 nitrogen and oxygen atoms in total. The highest BCUT2D eigenvalue weighted by atomic mass is 16.5. The Morgan fingerprint density at radius 3 is 2.54 bits per heavy atom. The molecule has 0 fully saturated rings. The Hall–Kier alpha value is -2.49. The summed E-state index contributed by atoms with van der Waals surface area (Å²) in [6.45, 7) is 3.48. The van der Waals surface area contributed by atoms with Crippen molar-refractivity contribution in [3.63, 3.8) is 0 Å². The molecule has 0 aliphatic carbocycles. The van der Waals surface area contributed by atoms with Crippen molar-refractivity contribution in [1.82, 2.24) is 5.32 Å². The van der Waals surface area contributed by atoms with Crippen LogP contribution in [0.25, 0.3) is 0 Å². The molecule has 0 spiro atoms. The molecule has 140 valence electrons. The van der Waals surface area contributed by atoms with Crippen molar-refractivity contribution >= 4 is 5.91 Å². The zero-order chi connectivity index (χ0) is 18.6. The quantitative estimate of drug-likeness (QED) is 0.616. The molecule has 2 aromatic rings. The van der Waals surface area contributed by atoms with Gasteiger partial charge in [0.15, 0.2) is 11.5 Å². The summed E-state index contributed by atoms with van der Waals surface area (Å²) < 4.78 is 11.2. The van der Waals surface area contributed by atoms with E-state index < -0.39 is 0 Å². The number of amides is 1. The van der Waals surface area contributed by atoms with Gasteiger partial charge in [0.25, 0.3) is 0 Å². The third-order valence-electron chi connectivity index (χ3n) is 4.18. The van der Waals surface area contributed by atoms with Gasteiger partial charge in [-0.25, -0.2) is 0 Å². The third kappa shape index (κ3) is 6.79. The van der Waals surface area contributed by atoms with Crippen LogP contribution in [0.3, 0.4) is 0 Å². The molecule has 4 heteroatoms. The van der Waals surface area contributed by atoms with Crippen LogP contribution >= 0.6 is 0 Å². The maximum absolute atomic E-state index is 12.0. The summed E-state index contributed by atoms with van der Waals surface area (Å²) in [5.41, 5.74) is 2.14. The molecule has 0 bridgehead atoms. The van der Waals surface area contributed by atoms with E-state index in [1.54, 1.807) is 7.11 Å². The fraction of sp³-hybridized carbons (Fsp3) is 0.409. The number of ether oxygens (including phenoxy) is 2. The van der Waals surface area contributed by atoms with Crippen LogP contribution in [-0.4, -0.2) is 26.2 Å². The summed E-state index contributed by atoms with van der Waals surface area (Å²) in [4.78, 5) is 12.0. The average molecular weight is 355 g/mol. The summed E-state index contributed by atoms with van der Waals surface area (Å²) in [7, 11) is 1.65. The maximum Gasteiger partial charge on any atom is 0.224 e. The molecule has 2 aromatic carbocycles. The topological polar surface area (TPSA) is 47.6 Å². The van der Waals surface area contributed by atoms with Gasteiger partial charge in [-0.2, -0.15) is 0 Å². The van der Waals surface area contributed by atoms with E-state index in [-0.39, 0.29) is 5.91 Å². The molecule has 0 aliphatic rings. The van der Waals surface area contributed by atoms with Gasteiger partial charge in [0, 0.05) is 6.54 Å². The Morgan fingerprint density at radius 1 is 1.00 bits per heavy atom. The summed E-state index contributed by atoms with van der Waals surface area (Å²) in [5, 5.41) is 2.97. The van der Waals surface area contributed by atoms with Crippen molar-refractivity contribution in [1.29, 1.82) is 0 Å². The van der Waals surface area contributed by atoms with E-state index in [0.717, 1.165) is 35.5 Å². The van der Waals surface area contributed by atoms with Crippen LogP contribution in [0.1, 0.15) is 37.3 Å². The van der Waals surface area contributed by atoms with E-state index in [4.69, 9.17) is 9.47 Å². The van der Waals surface area contributed by atoms with Crippen molar-refractivity contribution in [3.8, 4) is 11.5 Å². The fourth-order valence-corrected chi connectivity index (χ4v) is 2.71. The summed E-state index contributed by atoms with van der Waals surface area (Å²) >= 11 is 0. The summed E-state index contributed by atoms with van der Waals surface area (Å²) in [6, 6.07) is 15.7. The number of nitrogens with one attached hydrogen (secondary N) is 1. The second-order valence-corrected chi connectivity index (χ2v) is 6.30. The Morgan fingerprint density at radius 2 is 1.81 bits per heavy atom. The first kappa shape index (κ1) is 19.8. The number of benzene rings is 2. The van der Waals surface area contributed by atoms with Gasteiger partial charge < -0.3 is 14.8 Å². The van der Waals surface area contributed by atoms with E-state index in [1.165, 1.54) is 12.8 Å². The molecule has 0 aliphatic heterocycles. The highest BCUT2D eigenvalue weighted by molar-refractivity contribution is 5.78. The SMILES string of the molecule is CCCCCOc1ccc(CCNC(=O)Cc2ccccc2)cc1OC. The lowest BCUT2D eigenvalue weighted by molar-refractivity contribution is -0.120. The van der Waals surface area contributed by atoms with Gasteiger partial charge >= 0.3 is 0 Å². The minimum Gasteiger partial charge on any atom is -0.493 e. The zero-order valence-electron chi connectivity index (χ0n) is 15.8. The molecule has 0 radical (unpaired) electrons. The number of carbonyl (C=O) groups is 1. The molecule has 26 heavy (non-hydrogen) atoms. The molecule has 0 atom stereocenters. The van der Waals surface area contributed by atoms with Crippen molar-refractivity contribution < 1.29 is 14.3 Å². The molecule has 0 aromatic heterocycles. The standard InChI is InChI=1S/C22H29NO3/c1-3-4-8-15-26-20-12-11-19(16-21(20)25-2)13-14-23-22(24)17-18-9-6-5-7-10-18/h5-7,9-12,16H,3-4,8,13-15,17H2,1-2H3,(H,23,24).